The molecule has 2 aromatic heterocycles. The Balaban J connectivity index is 1.75. The number of carbonyl (C=O) groups excluding carboxylic acids is 1. The number of ether oxygens (including phenoxy) is 1. The average Bonchev–Trinajstić information content (AvgIpc) is 3.38. The number of likely N-dealkylation sites (N-methyl/N-ethyl adjacent to an activating group) is 1. The standard InChI is InChI=1S/C21H19F3N6O5/c1-25-19(33)16-14(31)15(32)20(35-16)30-9-26-13-17(29-34-2)27-12(28-18(13)30)7-6-10-4-3-5-11(8-10)21(22,23)24/h3-5,8-9,14-16,20,31-32H,1-2H3,(H,25,33)(H,27,28,29)/t14-,15+,16-,20+/m0/s1. The number of nitrogens with zero attached hydrogens (tertiary/aromatic N) is 4. The van der Waals surface area contributed by atoms with E-state index in [9.17, 15) is 28.2 Å². The van der Waals surface area contributed by atoms with Crippen molar-refractivity contribution < 1.29 is 37.8 Å². The number of amides is 1. The van der Waals surface area contributed by atoms with Gasteiger partial charge in [-0.3, -0.25) is 14.2 Å². The summed E-state index contributed by atoms with van der Waals surface area (Å²) in [4.78, 5) is 29.5. The van der Waals surface area contributed by atoms with Gasteiger partial charge in [-0.2, -0.15) is 18.2 Å². The zero-order valence-electron chi connectivity index (χ0n) is 18.2. The van der Waals surface area contributed by atoms with Gasteiger partial charge in [-0.25, -0.2) is 15.4 Å². The summed E-state index contributed by atoms with van der Waals surface area (Å²) in [5.41, 5.74) is 2.04. The van der Waals surface area contributed by atoms with Crippen molar-refractivity contribution in [3.63, 3.8) is 0 Å². The van der Waals surface area contributed by atoms with E-state index in [0.29, 0.717) is 0 Å². The van der Waals surface area contributed by atoms with Crippen molar-refractivity contribution in [3.8, 4) is 11.8 Å². The first kappa shape index (κ1) is 24.4. The van der Waals surface area contributed by atoms with Gasteiger partial charge < -0.3 is 20.3 Å². The molecule has 0 bridgehead atoms. The molecule has 1 aromatic carbocycles. The first-order chi connectivity index (χ1) is 16.6. The molecule has 0 spiro atoms. The Labute approximate surface area is 195 Å². The van der Waals surface area contributed by atoms with Crippen LogP contribution in [0.1, 0.15) is 23.2 Å². The van der Waals surface area contributed by atoms with Gasteiger partial charge in [0.1, 0.15) is 12.2 Å². The van der Waals surface area contributed by atoms with Crippen LogP contribution in [0.5, 0.6) is 0 Å². The molecule has 0 unspecified atom stereocenters. The van der Waals surface area contributed by atoms with Crippen molar-refractivity contribution in [1.82, 2.24) is 24.8 Å². The molecular formula is C21H19F3N6O5. The van der Waals surface area contributed by atoms with Gasteiger partial charge in [-0.1, -0.05) is 12.0 Å². The number of aliphatic hydroxyl groups is 2. The van der Waals surface area contributed by atoms with Crippen molar-refractivity contribution >= 4 is 22.9 Å². The summed E-state index contributed by atoms with van der Waals surface area (Å²) in [5, 5.41) is 23.1. The van der Waals surface area contributed by atoms with Crippen LogP contribution in [0.4, 0.5) is 19.0 Å². The van der Waals surface area contributed by atoms with Crippen LogP contribution in [0, 0.1) is 11.8 Å². The monoisotopic (exact) mass is 492 g/mol. The van der Waals surface area contributed by atoms with Crippen LogP contribution in [0.15, 0.2) is 30.6 Å². The van der Waals surface area contributed by atoms with Gasteiger partial charge in [0.25, 0.3) is 5.91 Å². The Morgan fingerprint density at radius 3 is 2.69 bits per heavy atom. The summed E-state index contributed by atoms with van der Waals surface area (Å²) in [6.07, 6.45) is -8.84. The smallest absolute Gasteiger partial charge is 0.387 e. The Morgan fingerprint density at radius 2 is 2.00 bits per heavy atom. The molecule has 3 heterocycles. The highest BCUT2D eigenvalue weighted by molar-refractivity contribution is 5.83. The Morgan fingerprint density at radius 1 is 1.23 bits per heavy atom. The second-order valence-electron chi connectivity index (χ2n) is 7.40. The number of anilines is 1. The third-order valence-electron chi connectivity index (χ3n) is 5.15. The van der Waals surface area contributed by atoms with Crippen LogP contribution in [0.25, 0.3) is 11.2 Å². The van der Waals surface area contributed by atoms with Crippen LogP contribution >= 0.6 is 0 Å². The highest BCUT2D eigenvalue weighted by Gasteiger charge is 2.47. The van der Waals surface area contributed by atoms with Crippen molar-refractivity contribution in [3.05, 3.63) is 47.5 Å². The van der Waals surface area contributed by atoms with Crippen LogP contribution in [0.3, 0.4) is 0 Å². The zero-order valence-corrected chi connectivity index (χ0v) is 18.2. The lowest BCUT2D eigenvalue weighted by molar-refractivity contribution is -0.138. The number of hydrogen-bond donors (Lipinski definition) is 4. The normalized spacial score (nSPS) is 22.0. The molecule has 184 valence electrons. The number of benzene rings is 1. The second kappa shape index (κ2) is 9.47. The summed E-state index contributed by atoms with van der Waals surface area (Å²) < 4.78 is 45.8. The van der Waals surface area contributed by atoms with Crippen LogP contribution in [-0.4, -0.2) is 68.1 Å². The summed E-state index contributed by atoms with van der Waals surface area (Å²) in [6, 6.07) is 4.46. The highest BCUT2D eigenvalue weighted by Crippen LogP contribution is 2.33. The molecule has 11 nitrogen and oxygen atoms in total. The van der Waals surface area contributed by atoms with E-state index in [2.05, 4.69) is 37.6 Å². The first-order valence-corrected chi connectivity index (χ1v) is 10.1. The molecule has 1 amide bonds. The molecule has 4 rings (SSSR count). The highest BCUT2D eigenvalue weighted by atomic mass is 19.4. The van der Waals surface area contributed by atoms with Crippen molar-refractivity contribution in [1.29, 1.82) is 0 Å². The van der Waals surface area contributed by atoms with Gasteiger partial charge in [0.05, 0.1) is 19.0 Å². The van der Waals surface area contributed by atoms with Gasteiger partial charge in [0.15, 0.2) is 29.3 Å². The number of fused-ring (bicyclic) bond motifs is 1. The van der Waals surface area contributed by atoms with E-state index in [1.165, 1.54) is 37.2 Å². The second-order valence-corrected chi connectivity index (χ2v) is 7.40. The van der Waals surface area contributed by atoms with Crippen molar-refractivity contribution in [2.45, 2.75) is 30.7 Å². The van der Waals surface area contributed by atoms with Crippen LogP contribution in [-0.2, 0) is 20.5 Å². The summed E-state index contributed by atoms with van der Waals surface area (Å²) in [5.74, 6) is 4.54. The summed E-state index contributed by atoms with van der Waals surface area (Å²) in [6.45, 7) is 0. The van der Waals surface area contributed by atoms with Gasteiger partial charge >= 0.3 is 6.18 Å². The summed E-state index contributed by atoms with van der Waals surface area (Å²) >= 11 is 0. The van der Waals surface area contributed by atoms with E-state index in [1.807, 2.05) is 0 Å². The molecular weight excluding hydrogens is 473 g/mol. The summed E-state index contributed by atoms with van der Waals surface area (Å²) in [7, 11) is 2.68. The molecule has 3 aromatic rings. The molecule has 4 atom stereocenters. The predicted molar refractivity (Wildman–Crippen MR) is 113 cm³/mol. The van der Waals surface area contributed by atoms with Crippen molar-refractivity contribution in [2.24, 2.45) is 0 Å². The number of aromatic nitrogens is 4. The average molecular weight is 492 g/mol. The molecule has 1 aliphatic rings. The number of imidazole rings is 1. The predicted octanol–water partition coefficient (Wildman–Crippen LogP) is 0.583. The Hall–Kier alpha value is -3.77. The van der Waals surface area contributed by atoms with E-state index in [0.717, 1.165) is 12.1 Å². The number of alkyl halides is 3. The number of nitrogens with one attached hydrogen (secondary N) is 2. The largest absolute Gasteiger partial charge is 0.416 e. The first-order valence-electron chi connectivity index (χ1n) is 10.1. The lowest BCUT2D eigenvalue weighted by Crippen LogP contribution is -2.41. The minimum atomic E-state index is -4.52. The number of rotatable bonds is 4. The topological polar surface area (TPSA) is 144 Å². The minimum absolute atomic E-state index is 0.0838. The maximum absolute atomic E-state index is 13.0. The fourth-order valence-corrected chi connectivity index (χ4v) is 3.48. The molecule has 0 saturated carbocycles. The molecule has 35 heavy (non-hydrogen) atoms. The van der Waals surface area contributed by atoms with Gasteiger partial charge in [0.2, 0.25) is 5.82 Å². The molecule has 0 radical (unpaired) electrons. The quantitative estimate of drug-likeness (QED) is 0.304. The van der Waals surface area contributed by atoms with E-state index < -0.39 is 42.2 Å². The van der Waals surface area contributed by atoms with Crippen LogP contribution < -0.4 is 10.8 Å². The maximum Gasteiger partial charge on any atom is 0.416 e. The number of aliphatic hydroxyl groups excluding tert-OH is 2. The van der Waals surface area contributed by atoms with E-state index in [4.69, 9.17) is 9.57 Å². The van der Waals surface area contributed by atoms with E-state index in [1.54, 1.807) is 0 Å². The van der Waals surface area contributed by atoms with E-state index >= 15 is 0 Å². The third-order valence-corrected chi connectivity index (χ3v) is 5.15. The van der Waals surface area contributed by atoms with Gasteiger partial charge in [0, 0.05) is 12.6 Å². The molecule has 1 aliphatic heterocycles. The Kier molecular flexibility index (Phi) is 6.59. The molecule has 4 N–H and O–H groups in total. The van der Waals surface area contributed by atoms with E-state index in [-0.39, 0.29) is 28.4 Å². The number of halogens is 3. The lowest BCUT2D eigenvalue weighted by atomic mass is 10.1. The van der Waals surface area contributed by atoms with Gasteiger partial charge in [-0.15, -0.1) is 0 Å². The van der Waals surface area contributed by atoms with Crippen LogP contribution in [0.2, 0.25) is 0 Å². The lowest BCUT2D eigenvalue weighted by Gasteiger charge is -2.16. The molecule has 1 fully saturated rings. The molecule has 0 aliphatic carbocycles. The van der Waals surface area contributed by atoms with Gasteiger partial charge in [-0.05, 0) is 24.1 Å². The Bertz CT molecular complexity index is 1320. The molecule has 14 heteroatoms. The fourth-order valence-electron chi connectivity index (χ4n) is 3.48. The SMILES string of the molecule is CNC(=O)[C@H]1O[C@@H](n2cnc3c(NOC)nc(C#Cc4cccc(C(F)(F)F)c4)nc32)[C@H](O)[C@@H]1O. The maximum atomic E-state index is 13.0. The zero-order chi connectivity index (χ0) is 25.3. The number of carbonyl (C=O) groups is 1. The molecule has 1 saturated heterocycles. The third kappa shape index (κ3) is 4.75. The fraction of sp³-hybridized carbons (Fsp3) is 0.333. The van der Waals surface area contributed by atoms with Crippen molar-refractivity contribution in [2.75, 3.05) is 19.6 Å². The minimum Gasteiger partial charge on any atom is -0.387 e. The number of hydrogen-bond acceptors (Lipinski definition) is 9.